The molecule has 23 heavy (non-hydrogen) atoms. The maximum Gasteiger partial charge on any atom is 0.238 e. The van der Waals surface area contributed by atoms with Gasteiger partial charge in [0.1, 0.15) is 0 Å². The third kappa shape index (κ3) is 3.78. The van der Waals surface area contributed by atoms with Crippen molar-refractivity contribution in [3.8, 4) is 0 Å². The van der Waals surface area contributed by atoms with Crippen LogP contribution < -0.4 is 10.5 Å². The highest BCUT2D eigenvalue weighted by Gasteiger charge is 2.43. The third-order valence-corrected chi connectivity index (χ3v) is 5.00. The van der Waals surface area contributed by atoms with Crippen LogP contribution in [0.15, 0.2) is 59.5 Å². The molecule has 0 aromatic heterocycles. The fourth-order valence-corrected chi connectivity index (χ4v) is 3.19. The zero-order valence-corrected chi connectivity index (χ0v) is 13.3. The molecule has 2 aromatic rings. The van der Waals surface area contributed by atoms with E-state index in [2.05, 4.69) is 5.32 Å². The third-order valence-electron chi connectivity index (χ3n) is 4.07. The SMILES string of the molecule is NS(=O)(=O)c1ccc(CNC(=O)[C@@H]2C[C@H]2c2ccccc2)cc1. The molecule has 1 fully saturated rings. The number of carbonyl (C=O) groups is 1. The maximum absolute atomic E-state index is 12.2. The largest absolute Gasteiger partial charge is 0.352 e. The van der Waals surface area contributed by atoms with E-state index < -0.39 is 10.0 Å². The minimum atomic E-state index is -3.68. The Morgan fingerprint density at radius 1 is 1.09 bits per heavy atom. The van der Waals surface area contributed by atoms with Crippen molar-refractivity contribution in [1.82, 2.24) is 5.32 Å². The number of amides is 1. The monoisotopic (exact) mass is 330 g/mol. The van der Waals surface area contributed by atoms with Gasteiger partial charge in [0.2, 0.25) is 15.9 Å². The molecule has 1 aliphatic carbocycles. The van der Waals surface area contributed by atoms with E-state index in [-0.39, 0.29) is 16.7 Å². The van der Waals surface area contributed by atoms with Crippen molar-refractivity contribution < 1.29 is 13.2 Å². The summed E-state index contributed by atoms with van der Waals surface area (Å²) in [6, 6.07) is 16.2. The van der Waals surface area contributed by atoms with Crippen molar-refractivity contribution >= 4 is 15.9 Å². The predicted octanol–water partition coefficient (Wildman–Crippen LogP) is 1.75. The highest BCUT2D eigenvalue weighted by molar-refractivity contribution is 7.89. The Balaban J connectivity index is 1.54. The van der Waals surface area contributed by atoms with Crippen molar-refractivity contribution in [2.75, 3.05) is 0 Å². The second-order valence-electron chi connectivity index (χ2n) is 5.77. The van der Waals surface area contributed by atoms with E-state index in [1.807, 2.05) is 30.3 Å². The molecule has 1 saturated carbocycles. The Morgan fingerprint density at radius 3 is 2.35 bits per heavy atom. The molecule has 6 heteroatoms. The molecule has 120 valence electrons. The molecule has 2 atom stereocenters. The van der Waals surface area contributed by atoms with Gasteiger partial charge in [-0.25, -0.2) is 13.6 Å². The van der Waals surface area contributed by atoms with E-state index in [9.17, 15) is 13.2 Å². The smallest absolute Gasteiger partial charge is 0.238 e. The molecule has 1 amide bonds. The normalized spacial score (nSPS) is 20.0. The summed E-state index contributed by atoms with van der Waals surface area (Å²) in [4.78, 5) is 12.2. The number of benzene rings is 2. The minimum Gasteiger partial charge on any atom is -0.352 e. The number of carbonyl (C=O) groups excluding carboxylic acids is 1. The number of nitrogens with two attached hydrogens (primary N) is 1. The molecule has 0 unspecified atom stereocenters. The molecule has 0 spiro atoms. The zero-order valence-electron chi connectivity index (χ0n) is 12.5. The van der Waals surface area contributed by atoms with Crippen molar-refractivity contribution in [3.63, 3.8) is 0 Å². The standard InChI is InChI=1S/C17H18N2O3S/c18-23(21,22)14-8-6-12(7-9-14)11-19-17(20)16-10-15(16)13-4-2-1-3-5-13/h1-9,15-16H,10-11H2,(H,19,20)(H2,18,21,22)/t15-,16+/m0/s1. The van der Waals surface area contributed by atoms with Gasteiger partial charge in [-0.3, -0.25) is 4.79 Å². The van der Waals surface area contributed by atoms with Crippen LogP contribution in [0.3, 0.4) is 0 Å². The van der Waals surface area contributed by atoms with Crippen LogP contribution in [0.4, 0.5) is 0 Å². The van der Waals surface area contributed by atoms with E-state index in [0.717, 1.165) is 12.0 Å². The average molecular weight is 330 g/mol. The van der Waals surface area contributed by atoms with Crippen LogP contribution in [0, 0.1) is 5.92 Å². The van der Waals surface area contributed by atoms with Crippen LogP contribution in [0.1, 0.15) is 23.5 Å². The second kappa shape index (κ2) is 6.14. The van der Waals surface area contributed by atoms with Gasteiger partial charge < -0.3 is 5.32 Å². The molecule has 0 bridgehead atoms. The Labute approximate surface area is 135 Å². The number of nitrogens with one attached hydrogen (secondary N) is 1. The molecule has 5 nitrogen and oxygen atoms in total. The molecule has 2 aromatic carbocycles. The number of hydrogen-bond donors (Lipinski definition) is 2. The van der Waals surface area contributed by atoms with Gasteiger partial charge in [-0.2, -0.15) is 0 Å². The molecular formula is C17H18N2O3S. The summed E-state index contributed by atoms with van der Waals surface area (Å²) in [6.45, 7) is 0.377. The first-order chi connectivity index (χ1) is 10.9. The Morgan fingerprint density at radius 2 is 1.74 bits per heavy atom. The Hall–Kier alpha value is -2.18. The summed E-state index contributed by atoms with van der Waals surface area (Å²) >= 11 is 0. The van der Waals surface area contributed by atoms with Crippen LogP contribution in [-0.2, 0) is 21.4 Å². The zero-order chi connectivity index (χ0) is 16.4. The first-order valence-corrected chi connectivity index (χ1v) is 8.94. The maximum atomic E-state index is 12.2. The van der Waals surface area contributed by atoms with Crippen molar-refractivity contribution in [1.29, 1.82) is 0 Å². The highest BCUT2D eigenvalue weighted by atomic mass is 32.2. The van der Waals surface area contributed by atoms with Crippen LogP contribution in [-0.4, -0.2) is 14.3 Å². The van der Waals surface area contributed by atoms with Crippen LogP contribution >= 0.6 is 0 Å². The van der Waals surface area contributed by atoms with Crippen LogP contribution in [0.5, 0.6) is 0 Å². The summed E-state index contributed by atoms with van der Waals surface area (Å²) in [5.41, 5.74) is 2.04. The van der Waals surface area contributed by atoms with Gasteiger partial charge in [0.25, 0.3) is 0 Å². The molecule has 0 aliphatic heterocycles. The van der Waals surface area contributed by atoms with Gasteiger partial charge in [-0.15, -0.1) is 0 Å². The van der Waals surface area contributed by atoms with Crippen molar-refractivity contribution in [3.05, 3.63) is 65.7 Å². The predicted molar refractivity (Wildman–Crippen MR) is 87.0 cm³/mol. The summed E-state index contributed by atoms with van der Waals surface area (Å²) < 4.78 is 22.4. The summed E-state index contributed by atoms with van der Waals surface area (Å²) in [7, 11) is -3.68. The van der Waals surface area contributed by atoms with E-state index in [1.54, 1.807) is 12.1 Å². The number of hydrogen-bond acceptors (Lipinski definition) is 3. The van der Waals surface area contributed by atoms with Gasteiger partial charge >= 0.3 is 0 Å². The number of sulfonamides is 1. The molecule has 0 heterocycles. The van der Waals surface area contributed by atoms with Crippen LogP contribution in [0.25, 0.3) is 0 Å². The minimum absolute atomic E-state index is 0.0288. The lowest BCUT2D eigenvalue weighted by Crippen LogP contribution is -2.24. The fraction of sp³-hybridized carbons (Fsp3) is 0.235. The second-order valence-corrected chi connectivity index (χ2v) is 7.33. The summed E-state index contributed by atoms with van der Waals surface area (Å²) in [6.07, 6.45) is 0.875. The molecule has 0 radical (unpaired) electrons. The Bertz CT molecular complexity index is 801. The molecule has 0 saturated heterocycles. The first-order valence-electron chi connectivity index (χ1n) is 7.39. The van der Waals surface area contributed by atoms with Gasteiger partial charge in [0.15, 0.2) is 0 Å². The van der Waals surface area contributed by atoms with Crippen molar-refractivity contribution in [2.45, 2.75) is 23.8 Å². The first kappa shape index (κ1) is 15.7. The van der Waals surface area contributed by atoms with Gasteiger partial charge in [0.05, 0.1) is 4.90 Å². The van der Waals surface area contributed by atoms with Gasteiger partial charge in [0, 0.05) is 12.5 Å². The van der Waals surface area contributed by atoms with Crippen molar-refractivity contribution in [2.24, 2.45) is 11.1 Å². The topological polar surface area (TPSA) is 89.3 Å². The van der Waals surface area contributed by atoms with E-state index in [1.165, 1.54) is 17.7 Å². The summed E-state index contributed by atoms with van der Waals surface area (Å²) in [5.74, 6) is 0.372. The lowest BCUT2D eigenvalue weighted by molar-refractivity contribution is -0.122. The molecule has 3 rings (SSSR count). The number of rotatable bonds is 5. The van der Waals surface area contributed by atoms with Gasteiger partial charge in [-0.05, 0) is 35.6 Å². The Kier molecular flexibility index (Phi) is 4.19. The van der Waals surface area contributed by atoms with E-state index in [0.29, 0.717) is 12.5 Å². The molecule has 3 N–H and O–H groups in total. The summed E-state index contributed by atoms with van der Waals surface area (Å²) in [5, 5.41) is 7.95. The quantitative estimate of drug-likeness (QED) is 0.875. The van der Waals surface area contributed by atoms with E-state index in [4.69, 9.17) is 5.14 Å². The van der Waals surface area contributed by atoms with Crippen LogP contribution in [0.2, 0.25) is 0 Å². The highest BCUT2D eigenvalue weighted by Crippen LogP contribution is 2.47. The number of primary sulfonamides is 1. The molecular weight excluding hydrogens is 312 g/mol. The van der Waals surface area contributed by atoms with E-state index >= 15 is 0 Å². The van der Waals surface area contributed by atoms with Gasteiger partial charge in [-0.1, -0.05) is 42.5 Å². The fourth-order valence-electron chi connectivity index (χ4n) is 2.67. The lowest BCUT2D eigenvalue weighted by Gasteiger charge is -2.06. The lowest BCUT2D eigenvalue weighted by atomic mass is 10.1. The molecule has 1 aliphatic rings. The average Bonchev–Trinajstić information content (AvgIpc) is 3.34.